The van der Waals surface area contributed by atoms with Gasteiger partial charge >= 0.3 is 0 Å². The van der Waals surface area contributed by atoms with Crippen LogP contribution in [0.1, 0.15) is 19.3 Å². The fraction of sp³-hybridized carbons (Fsp3) is 0.500. The van der Waals surface area contributed by atoms with Crippen molar-refractivity contribution in [3.63, 3.8) is 0 Å². The molecule has 0 amide bonds. The van der Waals surface area contributed by atoms with Gasteiger partial charge < -0.3 is 10.1 Å². The van der Waals surface area contributed by atoms with Crippen molar-refractivity contribution in [1.82, 2.24) is 5.32 Å². The highest BCUT2D eigenvalue weighted by Crippen LogP contribution is 2.14. The Kier molecular flexibility index (Phi) is 3.56. The second-order valence-electron chi connectivity index (χ2n) is 3.92. The summed E-state index contributed by atoms with van der Waals surface area (Å²) in [7, 11) is 0. The molecular weight excluding hydrogens is 193 g/mol. The molecule has 3 heteroatoms. The van der Waals surface area contributed by atoms with Crippen LogP contribution in [0.2, 0.25) is 0 Å². The van der Waals surface area contributed by atoms with Crippen molar-refractivity contribution < 1.29 is 9.13 Å². The van der Waals surface area contributed by atoms with E-state index < -0.39 is 0 Å². The molecule has 2 rings (SSSR count). The molecule has 0 unspecified atom stereocenters. The van der Waals surface area contributed by atoms with E-state index in [9.17, 15) is 4.39 Å². The van der Waals surface area contributed by atoms with E-state index in [1.165, 1.54) is 25.0 Å². The summed E-state index contributed by atoms with van der Waals surface area (Å²) in [6.07, 6.45) is 3.65. The Bertz CT molecular complexity index is 310. The predicted octanol–water partition coefficient (Wildman–Crippen LogP) is 2.35. The first-order valence-electron chi connectivity index (χ1n) is 5.46. The highest BCUT2D eigenvalue weighted by molar-refractivity contribution is 5.22. The Morgan fingerprint density at radius 1 is 1.40 bits per heavy atom. The van der Waals surface area contributed by atoms with E-state index in [4.69, 9.17) is 4.74 Å². The van der Waals surface area contributed by atoms with Crippen LogP contribution in [-0.4, -0.2) is 19.2 Å². The smallest absolute Gasteiger partial charge is 0.126 e. The van der Waals surface area contributed by atoms with Crippen molar-refractivity contribution >= 4 is 0 Å². The summed E-state index contributed by atoms with van der Waals surface area (Å²) in [5, 5.41) is 3.39. The molecule has 1 fully saturated rings. The second-order valence-corrected chi connectivity index (χ2v) is 3.92. The SMILES string of the molecule is Fc1cccc(OC[C@@H]2CCCCN2)c1. The minimum Gasteiger partial charge on any atom is -0.492 e. The maximum Gasteiger partial charge on any atom is 0.126 e. The molecule has 82 valence electrons. The Morgan fingerprint density at radius 3 is 3.07 bits per heavy atom. The summed E-state index contributed by atoms with van der Waals surface area (Å²) in [5.74, 6) is 0.367. The lowest BCUT2D eigenvalue weighted by Crippen LogP contribution is -2.38. The fourth-order valence-corrected chi connectivity index (χ4v) is 1.82. The molecule has 0 radical (unpaired) electrons. The van der Waals surface area contributed by atoms with Crippen LogP contribution in [0, 0.1) is 5.82 Å². The number of rotatable bonds is 3. The first-order chi connectivity index (χ1) is 7.34. The second kappa shape index (κ2) is 5.12. The number of hydrogen-bond acceptors (Lipinski definition) is 2. The van der Waals surface area contributed by atoms with Crippen LogP contribution in [0.4, 0.5) is 4.39 Å². The average molecular weight is 209 g/mol. The molecule has 1 atom stereocenters. The zero-order valence-electron chi connectivity index (χ0n) is 8.71. The zero-order chi connectivity index (χ0) is 10.5. The van der Waals surface area contributed by atoms with Crippen LogP contribution < -0.4 is 10.1 Å². The van der Waals surface area contributed by atoms with Crippen molar-refractivity contribution in [2.45, 2.75) is 25.3 Å². The topological polar surface area (TPSA) is 21.3 Å². The van der Waals surface area contributed by atoms with E-state index in [0.29, 0.717) is 18.4 Å². The van der Waals surface area contributed by atoms with Crippen LogP contribution >= 0.6 is 0 Å². The van der Waals surface area contributed by atoms with Gasteiger partial charge in [-0.25, -0.2) is 4.39 Å². The Morgan fingerprint density at radius 2 is 2.33 bits per heavy atom. The quantitative estimate of drug-likeness (QED) is 0.825. The normalized spacial score (nSPS) is 21.3. The van der Waals surface area contributed by atoms with Crippen LogP contribution in [0.15, 0.2) is 24.3 Å². The number of benzene rings is 1. The first-order valence-corrected chi connectivity index (χ1v) is 5.46. The van der Waals surface area contributed by atoms with E-state index in [1.807, 2.05) is 0 Å². The largest absolute Gasteiger partial charge is 0.492 e. The van der Waals surface area contributed by atoms with Gasteiger partial charge in [-0.15, -0.1) is 0 Å². The molecule has 0 aromatic heterocycles. The van der Waals surface area contributed by atoms with Gasteiger partial charge in [0.1, 0.15) is 18.2 Å². The highest BCUT2D eigenvalue weighted by atomic mass is 19.1. The third-order valence-corrected chi connectivity index (χ3v) is 2.66. The van der Waals surface area contributed by atoms with E-state index in [0.717, 1.165) is 13.0 Å². The number of halogens is 1. The fourth-order valence-electron chi connectivity index (χ4n) is 1.82. The molecule has 0 bridgehead atoms. The van der Waals surface area contributed by atoms with Gasteiger partial charge in [0.25, 0.3) is 0 Å². The number of ether oxygens (including phenoxy) is 1. The maximum absolute atomic E-state index is 12.8. The van der Waals surface area contributed by atoms with E-state index in [2.05, 4.69) is 5.32 Å². The van der Waals surface area contributed by atoms with Crippen LogP contribution in [0.3, 0.4) is 0 Å². The molecule has 1 aliphatic heterocycles. The highest BCUT2D eigenvalue weighted by Gasteiger charge is 2.12. The van der Waals surface area contributed by atoms with Crippen molar-refractivity contribution in [1.29, 1.82) is 0 Å². The molecule has 0 aliphatic carbocycles. The number of hydrogen-bond donors (Lipinski definition) is 1. The van der Waals surface area contributed by atoms with Gasteiger partial charge in [-0.1, -0.05) is 12.5 Å². The van der Waals surface area contributed by atoms with Gasteiger partial charge in [-0.2, -0.15) is 0 Å². The van der Waals surface area contributed by atoms with Crippen molar-refractivity contribution in [2.24, 2.45) is 0 Å². The molecule has 1 heterocycles. The number of piperidine rings is 1. The molecule has 1 aromatic carbocycles. The Balaban J connectivity index is 1.81. The Hall–Kier alpha value is -1.09. The molecule has 2 nitrogen and oxygen atoms in total. The summed E-state index contributed by atoms with van der Waals surface area (Å²) >= 11 is 0. The molecule has 0 spiro atoms. The van der Waals surface area contributed by atoms with E-state index in [-0.39, 0.29) is 5.82 Å². The summed E-state index contributed by atoms with van der Waals surface area (Å²) in [5.41, 5.74) is 0. The van der Waals surface area contributed by atoms with Crippen molar-refractivity contribution in [3.05, 3.63) is 30.1 Å². The molecule has 1 saturated heterocycles. The van der Waals surface area contributed by atoms with Gasteiger partial charge in [0.15, 0.2) is 0 Å². The standard InChI is InChI=1S/C12H16FNO/c13-10-4-3-6-12(8-10)15-9-11-5-1-2-7-14-11/h3-4,6,8,11,14H,1-2,5,7,9H2/t11-/m0/s1. The van der Waals surface area contributed by atoms with Gasteiger partial charge in [0.2, 0.25) is 0 Å². The molecule has 1 aromatic rings. The lowest BCUT2D eigenvalue weighted by atomic mass is 10.1. The summed E-state index contributed by atoms with van der Waals surface area (Å²) in [6.45, 7) is 1.70. The third kappa shape index (κ3) is 3.20. The molecule has 0 saturated carbocycles. The van der Waals surface area contributed by atoms with E-state index in [1.54, 1.807) is 12.1 Å². The van der Waals surface area contributed by atoms with Gasteiger partial charge in [-0.3, -0.25) is 0 Å². The van der Waals surface area contributed by atoms with Crippen LogP contribution in [0.5, 0.6) is 5.75 Å². The molecule has 1 aliphatic rings. The van der Waals surface area contributed by atoms with Crippen LogP contribution in [0.25, 0.3) is 0 Å². The predicted molar refractivity (Wildman–Crippen MR) is 57.5 cm³/mol. The lowest BCUT2D eigenvalue weighted by molar-refractivity contribution is 0.238. The molecular formula is C12H16FNO. The average Bonchev–Trinajstić information content (AvgIpc) is 2.28. The monoisotopic (exact) mass is 209 g/mol. The minimum absolute atomic E-state index is 0.246. The number of nitrogens with one attached hydrogen (secondary N) is 1. The van der Waals surface area contributed by atoms with Gasteiger partial charge in [0.05, 0.1) is 0 Å². The lowest BCUT2D eigenvalue weighted by Gasteiger charge is -2.23. The van der Waals surface area contributed by atoms with Gasteiger partial charge in [-0.05, 0) is 31.5 Å². The van der Waals surface area contributed by atoms with Gasteiger partial charge in [0, 0.05) is 12.1 Å². The summed E-state index contributed by atoms with van der Waals surface area (Å²) < 4.78 is 18.4. The molecule has 1 N–H and O–H groups in total. The summed E-state index contributed by atoms with van der Waals surface area (Å²) in [4.78, 5) is 0. The maximum atomic E-state index is 12.8. The zero-order valence-corrected chi connectivity index (χ0v) is 8.71. The minimum atomic E-state index is -0.246. The van der Waals surface area contributed by atoms with E-state index >= 15 is 0 Å². The third-order valence-electron chi connectivity index (χ3n) is 2.66. The molecule has 15 heavy (non-hydrogen) atoms. The van der Waals surface area contributed by atoms with Crippen molar-refractivity contribution in [2.75, 3.05) is 13.2 Å². The Labute approximate surface area is 89.4 Å². The van der Waals surface area contributed by atoms with Crippen molar-refractivity contribution in [3.8, 4) is 5.75 Å². The van der Waals surface area contributed by atoms with Crippen LogP contribution in [-0.2, 0) is 0 Å². The first kappa shape index (κ1) is 10.4. The summed E-state index contributed by atoms with van der Waals surface area (Å²) in [6, 6.07) is 6.71.